The van der Waals surface area contributed by atoms with Crippen LogP contribution in [0.4, 0.5) is 0 Å². The molecule has 0 aliphatic heterocycles. The van der Waals surface area contributed by atoms with E-state index in [9.17, 15) is 4.79 Å². The van der Waals surface area contributed by atoms with Crippen LogP contribution in [0, 0.1) is 5.92 Å². The van der Waals surface area contributed by atoms with Gasteiger partial charge in [0.25, 0.3) is 0 Å². The van der Waals surface area contributed by atoms with E-state index in [4.69, 9.17) is 0 Å². The third-order valence-electron chi connectivity index (χ3n) is 2.61. The lowest BCUT2D eigenvalue weighted by molar-refractivity contribution is -0.104. The van der Waals surface area contributed by atoms with E-state index in [0.717, 1.165) is 6.29 Å². The molecule has 68 valence electrons. The molecule has 1 nitrogen and oxygen atoms in total. The topological polar surface area (TPSA) is 17.1 Å². The van der Waals surface area contributed by atoms with Gasteiger partial charge >= 0.3 is 0 Å². The molecule has 1 aliphatic rings. The Balaban J connectivity index is 2.29. The first-order valence-corrected chi connectivity index (χ1v) is 5.05. The molecule has 0 bridgehead atoms. The molecule has 1 rings (SSSR count). The van der Waals surface area contributed by atoms with Crippen molar-refractivity contribution in [2.24, 2.45) is 5.92 Å². The molecule has 1 heteroatoms. The molecule has 0 unspecified atom stereocenters. The van der Waals surface area contributed by atoms with Gasteiger partial charge < -0.3 is 0 Å². The van der Waals surface area contributed by atoms with Crippen LogP contribution >= 0.6 is 0 Å². The summed E-state index contributed by atoms with van der Waals surface area (Å²) in [6.45, 7) is 0. The summed E-state index contributed by atoms with van der Waals surface area (Å²) in [7, 11) is 0. The maximum Gasteiger partial charge on any atom is 0.142 e. The van der Waals surface area contributed by atoms with Crippen molar-refractivity contribution in [3.63, 3.8) is 0 Å². The molecule has 0 saturated heterocycles. The number of carbonyl (C=O) groups is 1. The van der Waals surface area contributed by atoms with Crippen LogP contribution in [-0.2, 0) is 4.79 Å². The zero-order valence-corrected chi connectivity index (χ0v) is 7.67. The van der Waals surface area contributed by atoms with Crippen LogP contribution in [0.5, 0.6) is 0 Å². The molecule has 0 heterocycles. The Hall–Kier alpha value is -0.590. The minimum absolute atomic E-state index is 0.676. The lowest BCUT2D eigenvalue weighted by atomic mass is 9.91. The van der Waals surface area contributed by atoms with Crippen molar-refractivity contribution in [1.82, 2.24) is 0 Å². The van der Waals surface area contributed by atoms with Gasteiger partial charge in [-0.25, -0.2) is 0 Å². The normalized spacial score (nSPS) is 22.0. The fraction of sp³-hybridized carbons (Fsp3) is 0.727. The molecule has 1 fully saturated rings. The van der Waals surface area contributed by atoms with Gasteiger partial charge in [0.15, 0.2) is 0 Å². The number of hydrogen-bond acceptors (Lipinski definition) is 1. The molecular formula is C11H18O. The van der Waals surface area contributed by atoms with Gasteiger partial charge in [0.05, 0.1) is 0 Å². The van der Waals surface area contributed by atoms with Crippen LogP contribution in [0.3, 0.4) is 0 Å². The SMILES string of the molecule is O=CC=CC1CCCCCCC1. The van der Waals surface area contributed by atoms with Gasteiger partial charge in [-0.2, -0.15) is 0 Å². The van der Waals surface area contributed by atoms with Gasteiger partial charge in [0, 0.05) is 0 Å². The Bertz CT molecular complexity index is 141. The summed E-state index contributed by atoms with van der Waals surface area (Å²) in [5.41, 5.74) is 0. The Morgan fingerprint density at radius 3 is 2.08 bits per heavy atom. The lowest BCUT2D eigenvalue weighted by Crippen LogP contribution is -2.00. The predicted octanol–water partition coefficient (Wildman–Crippen LogP) is 3.10. The summed E-state index contributed by atoms with van der Waals surface area (Å²) >= 11 is 0. The number of allylic oxidation sites excluding steroid dienone is 2. The van der Waals surface area contributed by atoms with Gasteiger partial charge in [-0.3, -0.25) is 4.79 Å². The van der Waals surface area contributed by atoms with Crippen LogP contribution in [0.15, 0.2) is 12.2 Å². The van der Waals surface area contributed by atoms with Crippen molar-refractivity contribution in [2.75, 3.05) is 0 Å². The smallest absolute Gasteiger partial charge is 0.142 e. The highest BCUT2D eigenvalue weighted by atomic mass is 16.1. The zero-order chi connectivity index (χ0) is 8.65. The predicted molar refractivity (Wildman–Crippen MR) is 51.0 cm³/mol. The van der Waals surface area contributed by atoms with Gasteiger partial charge in [-0.15, -0.1) is 0 Å². The summed E-state index contributed by atoms with van der Waals surface area (Å²) in [6, 6.07) is 0. The first-order chi connectivity index (χ1) is 5.93. The molecule has 12 heavy (non-hydrogen) atoms. The highest BCUT2D eigenvalue weighted by molar-refractivity contribution is 5.64. The Kier molecular flexibility index (Phi) is 4.74. The molecule has 0 aromatic carbocycles. The second-order valence-electron chi connectivity index (χ2n) is 3.63. The van der Waals surface area contributed by atoms with E-state index in [1.807, 2.05) is 0 Å². The summed E-state index contributed by atoms with van der Waals surface area (Å²) in [5, 5.41) is 0. The maximum atomic E-state index is 10.1. The van der Waals surface area contributed by atoms with Gasteiger partial charge in [-0.1, -0.05) is 38.2 Å². The van der Waals surface area contributed by atoms with E-state index in [2.05, 4.69) is 6.08 Å². The van der Waals surface area contributed by atoms with Crippen molar-refractivity contribution in [3.05, 3.63) is 12.2 Å². The van der Waals surface area contributed by atoms with E-state index < -0.39 is 0 Å². The third-order valence-corrected chi connectivity index (χ3v) is 2.61. The summed E-state index contributed by atoms with van der Waals surface area (Å²) in [4.78, 5) is 10.1. The summed E-state index contributed by atoms with van der Waals surface area (Å²) < 4.78 is 0. The molecule has 1 aliphatic carbocycles. The van der Waals surface area contributed by atoms with Crippen LogP contribution in [0.25, 0.3) is 0 Å². The van der Waals surface area contributed by atoms with Crippen molar-refractivity contribution in [1.29, 1.82) is 0 Å². The summed E-state index contributed by atoms with van der Waals surface area (Å²) in [6.07, 6.45) is 14.0. The van der Waals surface area contributed by atoms with Gasteiger partial charge in [-0.05, 0) is 24.8 Å². The highest BCUT2D eigenvalue weighted by Crippen LogP contribution is 2.22. The van der Waals surface area contributed by atoms with E-state index >= 15 is 0 Å². The fourth-order valence-electron chi connectivity index (χ4n) is 1.88. The van der Waals surface area contributed by atoms with E-state index in [1.165, 1.54) is 44.9 Å². The number of carbonyl (C=O) groups excluding carboxylic acids is 1. The molecule has 0 aromatic heterocycles. The molecule has 0 aromatic rings. The van der Waals surface area contributed by atoms with Crippen molar-refractivity contribution >= 4 is 6.29 Å². The maximum absolute atomic E-state index is 10.1. The second-order valence-corrected chi connectivity index (χ2v) is 3.63. The van der Waals surface area contributed by atoms with Crippen molar-refractivity contribution < 1.29 is 4.79 Å². The molecule has 0 radical (unpaired) electrons. The van der Waals surface area contributed by atoms with Crippen LogP contribution in [-0.4, -0.2) is 6.29 Å². The monoisotopic (exact) mass is 166 g/mol. The van der Waals surface area contributed by atoms with E-state index in [1.54, 1.807) is 6.08 Å². The van der Waals surface area contributed by atoms with Crippen molar-refractivity contribution in [3.8, 4) is 0 Å². The van der Waals surface area contributed by atoms with Crippen LogP contribution in [0.1, 0.15) is 44.9 Å². The first-order valence-electron chi connectivity index (χ1n) is 5.05. The first kappa shape index (κ1) is 9.50. The Morgan fingerprint density at radius 2 is 1.50 bits per heavy atom. The Morgan fingerprint density at radius 1 is 0.917 bits per heavy atom. The molecule has 0 amide bonds. The minimum atomic E-state index is 0.676. The minimum Gasteiger partial charge on any atom is -0.299 e. The largest absolute Gasteiger partial charge is 0.299 e. The molecular weight excluding hydrogens is 148 g/mol. The average Bonchev–Trinajstić information content (AvgIpc) is 2.02. The Labute approximate surface area is 74.9 Å². The average molecular weight is 166 g/mol. The molecule has 0 atom stereocenters. The van der Waals surface area contributed by atoms with Crippen LogP contribution in [0.2, 0.25) is 0 Å². The van der Waals surface area contributed by atoms with E-state index in [0.29, 0.717) is 5.92 Å². The molecule has 0 N–H and O–H groups in total. The zero-order valence-electron chi connectivity index (χ0n) is 7.67. The number of hydrogen-bond donors (Lipinski definition) is 0. The molecule has 1 saturated carbocycles. The summed E-state index contributed by atoms with van der Waals surface area (Å²) in [5.74, 6) is 0.676. The van der Waals surface area contributed by atoms with Crippen molar-refractivity contribution in [2.45, 2.75) is 44.9 Å². The highest BCUT2D eigenvalue weighted by Gasteiger charge is 2.07. The second kappa shape index (κ2) is 5.99. The lowest BCUT2D eigenvalue weighted by Gasteiger charge is -2.15. The molecule has 0 spiro atoms. The van der Waals surface area contributed by atoms with Crippen LogP contribution < -0.4 is 0 Å². The third kappa shape index (κ3) is 3.70. The van der Waals surface area contributed by atoms with Gasteiger partial charge in [0.1, 0.15) is 6.29 Å². The van der Waals surface area contributed by atoms with Gasteiger partial charge in [0.2, 0.25) is 0 Å². The fourth-order valence-corrected chi connectivity index (χ4v) is 1.88. The number of aldehydes is 1. The standard InChI is InChI=1S/C11H18O/c12-10-6-9-11-7-4-2-1-3-5-8-11/h6,9-11H,1-5,7-8H2. The van der Waals surface area contributed by atoms with E-state index in [-0.39, 0.29) is 0 Å². The number of rotatable bonds is 2. The quantitative estimate of drug-likeness (QED) is 0.455.